The van der Waals surface area contributed by atoms with Crippen molar-refractivity contribution in [2.45, 2.75) is 20.8 Å². The molecule has 6 heteroatoms. The number of aliphatic carboxylic acids is 2. The van der Waals surface area contributed by atoms with Gasteiger partial charge in [0.1, 0.15) is 0 Å². The molecular weight excluding hydrogens is 192 g/mol. The standard InChI is InChI=1S/2C2H4O2.C2H6O.Ca/c2*1-2(3)4;1-2-3;/h2*1H3,(H,3,4);3H,2H2,1H3;/q;;;+2/p-2. The summed E-state index contributed by atoms with van der Waals surface area (Å²) in [5.41, 5.74) is 0. The van der Waals surface area contributed by atoms with Gasteiger partial charge in [0.2, 0.25) is 0 Å². The van der Waals surface area contributed by atoms with E-state index in [1.807, 2.05) is 0 Å². The number of carbonyl (C=O) groups is 2. The molecule has 0 rings (SSSR count). The minimum absolute atomic E-state index is 0. The monoisotopic (exact) mass is 204 g/mol. The van der Waals surface area contributed by atoms with E-state index in [2.05, 4.69) is 0 Å². The summed E-state index contributed by atoms with van der Waals surface area (Å²) in [7, 11) is 0. The van der Waals surface area contributed by atoms with Crippen molar-refractivity contribution in [1.82, 2.24) is 0 Å². The molecule has 0 aliphatic carbocycles. The van der Waals surface area contributed by atoms with Crippen LogP contribution in [0.3, 0.4) is 0 Å². The van der Waals surface area contributed by atoms with Crippen molar-refractivity contribution in [2.75, 3.05) is 6.61 Å². The predicted octanol–water partition coefficient (Wildman–Crippen LogP) is -2.87. The van der Waals surface area contributed by atoms with Gasteiger partial charge in [0.15, 0.2) is 0 Å². The molecule has 0 aromatic carbocycles. The Labute approximate surface area is 101 Å². The van der Waals surface area contributed by atoms with E-state index in [0.717, 1.165) is 13.8 Å². The first kappa shape index (κ1) is 22.7. The summed E-state index contributed by atoms with van der Waals surface area (Å²) in [5, 5.41) is 25.3. The van der Waals surface area contributed by atoms with E-state index in [0.29, 0.717) is 0 Å². The number of hydrogen-bond donors (Lipinski definition) is 1. The van der Waals surface area contributed by atoms with Crippen molar-refractivity contribution in [2.24, 2.45) is 0 Å². The van der Waals surface area contributed by atoms with Crippen LogP contribution in [0.5, 0.6) is 0 Å². The second kappa shape index (κ2) is 22.5. The maximum Gasteiger partial charge on any atom is 2.00 e. The Balaban J connectivity index is -0.0000000389. The Morgan fingerprint density at radius 2 is 1.17 bits per heavy atom. The van der Waals surface area contributed by atoms with E-state index in [-0.39, 0.29) is 44.3 Å². The van der Waals surface area contributed by atoms with Crippen LogP contribution in [0.15, 0.2) is 0 Å². The average molecular weight is 204 g/mol. The van der Waals surface area contributed by atoms with Crippen LogP contribution in [0.4, 0.5) is 0 Å². The summed E-state index contributed by atoms with van der Waals surface area (Å²) in [6, 6.07) is 0. The molecule has 5 nitrogen and oxygen atoms in total. The summed E-state index contributed by atoms with van der Waals surface area (Å²) in [6.45, 7) is 3.88. The largest absolute Gasteiger partial charge is 2.00 e. The minimum atomic E-state index is -1.08. The molecule has 0 heterocycles. The zero-order valence-corrected chi connectivity index (χ0v) is 9.70. The van der Waals surface area contributed by atoms with Crippen LogP contribution < -0.4 is 10.2 Å². The zero-order chi connectivity index (χ0) is 9.86. The summed E-state index contributed by atoms with van der Waals surface area (Å²) in [4.78, 5) is 17.8. The van der Waals surface area contributed by atoms with Crippen LogP contribution in [0.2, 0.25) is 0 Å². The van der Waals surface area contributed by atoms with Gasteiger partial charge >= 0.3 is 37.7 Å². The van der Waals surface area contributed by atoms with Crippen molar-refractivity contribution in [3.8, 4) is 0 Å². The molecule has 0 unspecified atom stereocenters. The van der Waals surface area contributed by atoms with Gasteiger partial charge in [-0.05, 0) is 20.8 Å². The molecule has 0 atom stereocenters. The van der Waals surface area contributed by atoms with Gasteiger partial charge in [-0.25, -0.2) is 0 Å². The fourth-order valence-electron chi connectivity index (χ4n) is 0. The van der Waals surface area contributed by atoms with Gasteiger partial charge in [-0.1, -0.05) is 0 Å². The summed E-state index contributed by atoms with van der Waals surface area (Å²) in [5.74, 6) is -2.17. The SMILES string of the molecule is CC(=O)[O-].CC(=O)[O-].CCO.[Ca+2]. The Morgan fingerprint density at radius 3 is 1.17 bits per heavy atom. The number of carboxylic acid groups (broad SMARTS) is 2. The summed E-state index contributed by atoms with van der Waals surface area (Å²) >= 11 is 0. The maximum absolute atomic E-state index is 8.89. The summed E-state index contributed by atoms with van der Waals surface area (Å²) in [6.07, 6.45) is 0. The van der Waals surface area contributed by atoms with Crippen molar-refractivity contribution < 1.29 is 24.9 Å². The van der Waals surface area contributed by atoms with Gasteiger partial charge in [-0.2, -0.15) is 0 Å². The van der Waals surface area contributed by atoms with Gasteiger partial charge in [-0.3, -0.25) is 0 Å². The number of rotatable bonds is 0. The Kier molecular flexibility index (Phi) is 42.6. The van der Waals surface area contributed by atoms with E-state index < -0.39 is 11.9 Å². The van der Waals surface area contributed by atoms with Crippen LogP contribution in [-0.4, -0.2) is 61.4 Å². The van der Waals surface area contributed by atoms with Crippen molar-refractivity contribution in [1.29, 1.82) is 0 Å². The maximum atomic E-state index is 8.89. The van der Waals surface area contributed by atoms with Crippen molar-refractivity contribution in [3.05, 3.63) is 0 Å². The molecule has 0 aromatic heterocycles. The molecular formula is C6H12CaO5. The van der Waals surface area contributed by atoms with Crippen LogP contribution in [0, 0.1) is 0 Å². The molecule has 0 aromatic rings. The molecule has 1 N–H and O–H groups in total. The van der Waals surface area contributed by atoms with Gasteiger partial charge < -0.3 is 24.9 Å². The Bertz CT molecular complexity index is 84.1. The number of carbonyl (C=O) groups excluding carboxylic acids is 2. The van der Waals surface area contributed by atoms with Gasteiger partial charge in [0, 0.05) is 18.5 Å². The van der Waals surface area contributed by atoms with Crippen molar-refractivity contribution in [3.63, 3.8) is 0 Å². The van der Waals surface area contributed by atoms with E-state index in [1.54, 1.807) is 6.92 Å². The molecule has 0 bridgehead atoms. The molecule has 0 saturated heterocycles. The second-order valence-corrected chi connectivity index (χ2v) is 1.30. The first-order valence-corrected chi connectivity index (χ1v) is 2.84. The third-order valence-electron chi connectivity index (χ3n) is 0. The minimum Gasteiger partial charge on any atom is -0.550 e. The summed E-state index contributed by atoms with van der Waals surface area (Å²) < 4.78 is 0. The fourth-order valence-corrected chi connectivity index (χ4v) is 0. The topological polar surface area (TPSA) is 100 Å². The third kappa shape index (κ3) is 33400. The van der Waals surface area contributed by atoms with E-state index in [9.17, 15) is 0 Å². The van der Waals surface area contributed by atoms with Crippen LogP contribution in [0.1, 0.15) is 20.8 Å². The van der Waals surface area contributed by atoms with Gasteiger partial charge in [0.25, 0.3) is 0 Å². The van der Waals surface area contributed by atoms with Crippen LogP contribution >= 0.6 is 0 Å². The third-order valence-corrected chi connectivity index (χ3v) is 0. The number of carboxylic acids is 2. The molecule has 0 radical (unpaired) electrons. The van der Waals surface area contributed by atoms with Crippen LogP contribution in [0.25, 0.3) is 0 Å². The zero-order valence-electron chi connectivity index (χ0n) is 7.49. The second-order valence-electron chi connectivity index (χ2n) is 1.30. The Hall–Kier alpha value is 0.160. The molecule has 0 saturated carbocycles. The molecule has 68 valence electrons. The molecule has 0 amide bonds. The Morgan fingerprint density at radius 1 is 1.17 bits per heavy atom. The van der Waals surface area contributed by atoms with Crippen LogP contribution in [-0.2, 0) is 9.59 Å². The molecule has 0 aliphatic rings. The average Bonchev–Trinajstić information content (AvgIpc) is 1.60. The fraction of sp³-hybridized carbons (Fsp3) is 0.667. The van der Waals surface area contributed by atoms with Crippen molar-refractivity contribution >= 4 is 49.7 Å². The molecule has 12 heavy (non-hydrogen) atoms. The molecule has 0 aliphatic heterocycles. The first-order chi connectivity index (χ1) is 4.88. The van der Waals surface area contributed by atoms with E-state index in [1.165, 1.54) is 0 Å². The normalized spacial score (nSPS) is 5.67. The smallest absolute Gasteiger partial charge is 0.550 e. The van der Waals surface area contributed by atoms with Gasteiger partial charge in [0.05, 0.1) is 0 Å². The van der Waals surface area contributed by atoms with E-state index in [4.69, 9.17) is 24.9 Å². The first-order valence-electron chi connectivity index (χ1n) is 2.84. The molecule has 0 spiro atoms. The van der Waals surface area contributed by atoms with Gasteiger partial charge in [-0.15, -0.1) is 0 Å². The number of aliphatic hydroxyl groups is 1. The van der Waals surface area contributed by atoms with E-state index >= 15 is 0 Å². The number of aliphatic hydroxyl groups excluding tert-OH is 1. The molecule has 0 fully saturated rings. The predicted molar refractivity (Wildman–Crippen MR) is 39.9 cm³/mol. The quantitative estimate of drug-likeness (QED) is 0.427. The number of hydrogen-bond acceptors (Lipinski definition) is 5.